The van der Waals surface area contributed by atoms with E-state index in [4.69, 9.17) is 0 Å². The highest BCUT2D eigenvalue weighted by Gasteiger charge is 2.25. The molecule has 88 valence electrons. The minimum atomic E-state index is 0.563. The standard InChI is InChI=1S/C14H21NS/c1-3-15-14(10-11-4-5-11)12-6-8-13(16-2)9-7-12/h6-9,11,14-15H,3-5,10H2,1-2H3. The van der Waals surface area contributed by atoms with E-state index in [0.717, 1.165) is 12.5 Å². The highest BCUT2D eigenvalue weighted by Crippen LogP contribution is 2.37. The van der Waals surface area contributed by atoms with Crippen LogP contribution in [0.5, 0.6) is 0 Å². The van der Waals surface area contributed by atoms with Gasteiger partial charge in [-0.1, -0.05) is 31.9 Å². The summed E-state index contributed by atoms with van der Waals surface area (Å²) in [7, 11) is 0. The van der Waals surface area contributed by atoms with Crippen molar-refractivity contribution >= 4 is 11.8 Å². The molecule has 1 atom stereocenters. The van der Waals surface area contributed by atoms with Gasteiger partial charge in [-0.15, -0.1) is 11.8 Å². The summed E-state index contributed by atoms with van der Waals surface area (Å²) in [6.07, 6.45) is 6.31. The molecule has 1 aliphatic rings. The van der Waals surface area contributed by atoms with E-state index in [0.29, 0.717) is 6.04 Å². The van der Waals surface area contributed by atoms with Gasteiger partial charge >= 0.3 is 0 Å². The van der Waals surface area contributed by atoms with Crippen molar-refractivity contribution in [1.82, 2.24) is 5.32 Å². The molecule has 0 amide bonds. The first-order chi connectivity index (χ1) is 7.83. The van der Waals surface area contributed by atoms with Gasteiger partial charge in [0.2, 0.25) is 0 Å². The first kappa shape index (κ1) is 12.0. The predicted molar refractivity (Wildman–Crippen MR) is 72.0 cm³/mol. The van der Waals surface area contributed by atoms with Gasteiger partial charge in [-0.3, -0.25) is 0 Å². The monoisotopic (exact) mass is 235 g/mol. The van der Waals surface area contributed by atoms with E-state index in [9.17, 15) is 0 Å². The molecule has 0 radical (unpaired) electrons. The number of nitrogens with one attached hydrogen (secondary N) is 1. The van der Waals surface area contributed by atoms with E-state index in [-0.39, 0.29) is 0 Å². The Labute approximate surface area is 103 Å². The first-order valence-corrected chi connectivity index (χ1v) is 7.43. The third kappa shape index (κ3) is 3.26. The lowest BCUT2D eigenvalue weighted by Crippen LogP contribution is -2.21. The number of thioether (sulfide) groups is 1. The SMILES string of the molecule is CCNC(CC1CC1)c1ccc(SC)cc1. The Bertz CT molecular complexity index is 316. The summed E-state index contributed by atoms with van der Waals surface area (Å²) in [4.78, 5) is 1.35. The van der Waals surface area contributed by atoms with Gasteiger partial charge in [-0.05, 0) is 42.8 Å². The molecule has 0 spiro atoms. The van der Waals surface area contributed by atoms with Gasteiger partial charge < -0.3 is 5.32 Å². The van der Waals surface area contributed by atoms with Crippen LogP contribution >= 0.6 is 11.8 Å². The van der Waals surface area contributed by atoms with Gasteiger partial charge in [0.1, 0.15) is 0 Å². The van der Waals surface area contributed by atoms with Crippen LogP contribution in [0.4, 0.5) is 0 Å². The highest BCUT2D eigenvalue weighted by molar-refractivity contribution is 7.98. The van der Waals surface area contributed by atoms with Crippen LogP contribution in [0.2, 0.25) is 0 Å². The molecule has 1 aromatic carbocycles. The maximum absolute atomic E-state index is 3.60. The lowest BCUT2D eigenvalue weighted by molar-refractivity contribution is 0.486. The molecule has 0 heterocycles. The molecule has 1 aromatic rings. The van der Waals surface area contributed by atoms with Gasteiger partial charge in [0.05, 0.1) is 0 Å². The molecule has 2 heteroatoms. The van der Waals surface area contributed by atoms with Gasteiger partial charge in [0.25, 0.3) is 0 Å². The minimum absolute atomic E-state index is 0.563. The van der Waals surface area contributed by atoms with E-state index < -0.39 is 0 Å². The third-order valence-electron chi connectivity index (χ3n) is 3.23. The van der Waals surface area contributed by atoms with Crippen molar-refractivity contribution in [1.29, 1.82) is 0 Å². The molecule has 16 heavy (non-hydrogen) atoms. The van der Waals surface area contributed by atoms with Crippen molar-refractivity contribution in [2.75, 3.05) is 12.8 Å². The molecule has 2 rings (SSSR count). The van der Waals surface area contributed by atoms with Crippen LogP contribution in [0, 0.1) is 5.92 Å². The van der Waals surface area contributed by atoms with Crippen molar-refractivity contribution in [2.45, 2.75) is 37.1 Å². The third-order valence-corrected chi connectivity index (χ3v) is 3.98. The van der Waals surface area contributed by atoms with Crippen LogP contribution in [0.15, 0.2) is 29.2 Å². The summed E-state index contributed by atoms with van der Waals surface area (Å²) in [5, 5.41) is 3.60. The quantitative estimate of drug-likeness (QED) is 0.751. The molecule has 1 nitrogen and oxygen atoms in total. The Balaban J connectivity index is 2.03. The number of hydrogen-bond donors (Lipinski definition) is 1. The lowest BCUT2D eigenvalue weighted by Gasteiger charge is -2.18. The second-order valence-electron chi connectivity index (χ2n) is 4.56. The topological polar surface area (TPSA) is 12.0 Å². The molecular weight excluding hydrogens is 214 g/mol. The first-order valence-electron chi connectivity index (χ1n) is 6.20. The fourth-order valence-electron chi connectivity index (χ4n) is 2.11. The Morgan fingerprint density at radius 3 is 2.50 bits per heavy atom. The molecule has 1 fully saturated rings. The van der Waals surface area contributed by atoms with Crippen LogP contribution < -0.4 is 5.32 Å². The van der Waals surface area contributed by atoms with Crippen LogP contribution in [-0.4, -0.2) is 12.8 Å². The summed E-state index contributed by atoms with van der Waals surface area (Å²) in [6, 6.07) is 9.59. The van der Waals surface area contributed by atoms with Crippen molar-refractivity contribution in [3.63, 3.8) is 0 Å². The Kier molecular flexibility index (Phi) is 4.30. The van der Waals surface area contributed by atoms with Gasteiger partial charge in [0, 0.05) is 10.9 Å². The smallest absolute Gasteiger partial charge is 0.0322 e. The number of hydrogen-bond acceptors (Lipinski definition) is 2. The van der Waals surface area contributed by atoms with Crippen molar-refractivity contribution in [3.8, 4) is 0 Å². The van der Waals surface area contributed by atoms with E-state index in [1.54, 1.807) is 0 Å². The summed E-state index contributed by atoms with van der Waals surface area (Å²) in [5.74, 6) is 0.976. The zero-order valence-electron chi connectivity index (χ0n) is 10.2. The number of rotatable bonds is 6. The van der Waals surface area contributed by atoms with Crippen LogP contribution in [0.1, 0.15) is 37.8 Å². The Morgan fingerprint density at radius 2 is 2.00 bits per heavy atom. The fourth-order valence-corrected chi connectivity index (χ4v) is 2.52. The molecule has 1 aliphatic carbocycles. The summed E-state index contributed by atoms with van der Waals surface area (Å²) >= 11 is 1.81. The fraction of sp³-hybridized carbons (Fsp3) is 0.571. The zero-order chi connectivity index (χ0) is 11.4. The molecule has 0 saturated heterocycles. The van der Waals surface area contributed by atoms with Crippen molar-refractivity contribution in [3.05, 3.63) is 29.8 Å². The molecule has 1 saturated carbocycles. The molecule has 1 unspecified atom stereocenters. The predicted octanol–water partition coefficient (Wildman–Crippen LogP) is 3.86. The molecule has 1 N–H and O–H groups in total. The maximum atomic E-state index is 3.60. The van der Waals surface area contributed by atoms with E-state index in [1.807, 2.05) is 11.8 Å². The number of benzene rings is 1. The van der Waals surface area contributed by atoms with E-state index in [2.05, 4.69) is 42.8 Å². The lowest BCUT2D eigenvalue weighted by atomic mass is 10.0. The van der Waals surface area contributed by atoms with E-state index in [1.165, 1.54) is 29.7 Å². The Morgan fingerprint density at radius 1 is 1.31 bits per heavy atom. The second-order valence-corrected chi connectivity index (χ2v) is 5.44. The molecule has 0 aliphatic heterocycles. The van der Waals surface area contributed by atoms with Crippen molar-refractivity contribution in [2.24, 2.45) is 5.92 Å². The average Bonchev–Trinajstić information content (AvgIpc) is 3.13. The summed E-state index contributed by atoms with van der Waals surface area (Å²) in [6.45, 7) is 3.25. The highest BCUT2D eigenvalue weighted by atomic mass is 32.2. The van der Waals surface area contributed by atoms with Crippen LogP contribution in [0.25, 0.3) is 0 Å². The average molecular weight is 235 g/mol. The maximum Gasteiger partial charge on any atom is 0.0322 e. The van der Waals surface area contributed by atoms with Crippen molar-refractivity contribution < 1.29 is 0 Å². The zero-order valence-corrected chi connectivity index (χ0v) is 11.0. The largest absolute Gasteiger partial charge is 0.310 e. The molecule has 0 bridgehead atoms. The normalized spacial score (nSPS) is 17.4. The molecular formula is C14H21NS. The summed E-state index contributed by atoms with van der Waals surface area (Å²) in [5.41, 5.74) is 1.45. The van der Waals surface area contributed by atoms with E-state index >= 15 is 0 Å². The Hall–Kier alpha value is -0.470. The second kappa shape index (κ2) is 5.74. The van der Waals surface area contributed by atoms with Gasteiger partial charge in [-0.25, -0.2) is 0 Å². The molecule has 0 aromatic heterocycles. The minimum Gasteiger partial charge on any atom is -0.310 e. The van der Waals surface area contributed by atoms with Crippen LogP contribution in [-0.2, 0) is 0 Å². The van der Waals surface area contributed by atoms with Crippen LogP contribution in [0.3, 0.4) is 0 Å². The van der Waals surface area contributed by atoms with Gasteiger partial charge in [-0.2, -0.15) is 0 Å². The summed E-state index contributed by atoms with van der Waals surface area (Å²) < 4.78 is 0. The van der Waals surface area contributed by atoms with Gasteiger partial charge in [0.15, 0.2) is 0 Å².